The molecule has 2 aromatic rings. The van der Waals surface area contributed by atoms with Crippen LogP contribution in [0.5, 0.6) is 0 Å². The second kappa shape index (κ2) is 9.26. The number of rotatable bonds is 6. The van der Waals surface area contributed by atoms with E-state index in [4.69, 9.17) is 10.1 Å². The molecule has 0 aliphatic carbocycles. The number of carbonyl (C=O) groups excluding carboxylic acids is 1. The molecule has 0 spiro atoms. The molecule has 0 unspecified atom stereocenters. The third kappa shape index (κ3) is 4.28. The van der Waals surface area contributed by atoms with Crippen molar-refractivity contribution in [2.75, 3.05) is 10.2 Å². The van der Waals surface area contributed by atoms with Gasteiger partial charge in [-0.05, 0) is 114 Å². The van der Waals surface area contributed by atoms with E-state index >= 15 is 4.39 Å². The summed E-state index contributed by atoms with van der Waals surface area (Å²) in [6.07, 6.45) is 0. The Morgan fingerprint density at radius 3 is 1.83 bits per heavy atom. The number of hydrogen-bond acceptors (Lipinski definition) is 6. The smallest absolute Gasteiger partial charge is 0.260 e. The zero-order valence-corrected chi connectivity index (χ0v) is 27.6. The van der Waals surface area contributed by atoms with Gasteiger partial charge in [0.1, 0.15) is 17.3 Å². The number of fused-ring (bicyclic) bond motifs is 1. The lowest BCUT2D eigenvalue weighted by Crippen LogP contribution is -2.78. The first-order chi connectivity index (χ1) is 18.8. The van der Waals surface area contributed by atoms with Crippen LogP contribution in [-0.4, -0.2) is 60.7 Å². The third-order valence-corrected chi connectivity index (χ3v) is 11.0. The summed E-state index contributed by atoms with van der Waals surface area (Å²) < 4.78 is 22.7. The molecule has 2 aliphatic rings. The third-order valence-electron chi connectivity index (χ3n) is 11.0. The zero-order valence-electron chi connectivity index (χ0n) is 27.6. The molecular weight excluding hydrogens is 531 g/mol. The van der Waals surface area contributed by atoms with E-state index in [2.05, 4.69) is 37.9 Å². The maximum atomic E-state index is 16.2. The molecule has 8 heteroatoms. The fourth-order valence-corrected chi connectivity index (χ4v) is 6.71. The molecule has 0 saturated carbocycles. The van der Waals surface area contributed by atoms with E-state index in [1.165, 1.54) is 11.0 Å². The summed E-state index contributed by atoms with van der Waals surface area (Å²) in [7, 11) is 0. The molecule has 230 valence electrons. The number of morpholine rings is 1. The van der Waals surface area contributed by atoms with E-state index in [0.717, 1.165) is 0 Å². The molecule has 0 radical (unpaired) electrons. The Morgan fingerprint density at radius 1 is 0.857 bits per heavy atom. The number of halogens is 1. The Hall–Kier alpha value is -2.97. The Morgan fingerprint density at radius 2 is 1.36 bits per heavy atom. The molecule has 3 N–H and O–H groups in total. The summed E-state index contributed by atoms with van der Waals surface area (Å²) in [6.45, 7) is 25.3. The van der Waals surface area contributed by atoms with Crippen molar-refractivity contribution >= 4 is 23.1 Å². The average Bonchev–Trinajstić information content (AvgIpc) is 3.09. The lowest BCUT2D eigenvalue weighted by Gasteiger charge is -2.67. The minimum atomic E-state index is -1.57. The Labute approximate surface area is 250 Å². The van der Waals surface area contributed by atoms with Crippen molar-refractivity contribution in [3.63, 3.8) is 0 Å². The minimum Gasteiger partial charge on any atom is -0.385 e. The predicted octanol–water partition coefficient (Wildman–Crippen LogP) is 6.98. The van der Waals surface area contributed by atoms with Crippen LogP contribution < -0.4 is 10.2 Å². The number of amides is 1. The zero-order chi connectivity index (χ0) is 32.1. The maximum absolute atomic E-state index is 16.2. The lowest BCUT2D eigenvalue weighted by molar-refractivity contribution is -0.214. The van der Waals surface area contributed by atoms with E-state index in [-0.39, 0.29) is 11.7 Å². The van der Waals surface area contributed by atoms with Gasteiger partial charge in [-0.25, -0.2) is 4.39 Å². The van der Waals surface area contributed by atoms with Gasteiger partial charge >= 0.3 is 0 Å². The molecule has 2 aromatic carbocycles. The van der Waals surface area contributed by atoms with Gasteiger partial charge < -0.3 is 20.1 Å². The van der Waals surface area contributed by atoms with Crippen molar-refractivity contribution in [1.82, 2.24) is 4.90 Å². The van der Waals surface area contributed by atoms with Crippen LogP contribution in [-0.2, 0) is 4.74 Å². The van der Waals surface area contributed by atoms with Crippen LogP contribution in [0.25, 0.3) is 0 Å². The van der Waals surface area contributed by atoms with E-state index in [9.17, 15) is 9.90 Å². The molecule has 0 bridgehead atoms. The fraction of sp³-hybridized carbons (Fsp3) is 0.588. The lowest BCUT2D eigenvalue weighted by atomic mass is 9.70. The van der Waals surface area contributed by atoms with Gasteiger partial charge in [0, 0.05) is 11.3 Å². The van der Waals surface area contributed by atoms with Gasteiger partial charge in [-0.2, -0.15) is 0 Å². The van der Waals surface area contributed by atoms with Crippen molar-refractivity contribution in [1.29, 1.82) is 5.41 Å². The van der Waals surface area contributed by atoms with Crippen LogP contribution >= 0.6 is 0 Å². The van der Waals surface area contributed by atoms with Crippen LogP contribution in [0.2, 0.25) is 0 Å². The molecule has 4 rings (SSSR count). The second-order valence-corrected chi connectivity index (χ2v) is 15.2. The number of ether oxygens (including phenoxy) is 1. The standard InChI is InChI=1S/C34H49FN4O3/c1-28(2,34(13,41)31(7,8)38-26(36)22-16-14-15-17-23(22)27(38)40)37-21-18-19-25(24(35)20-21)39-29(3,4)32(9,10)42-33(11,12)30(39,5)6/h14-20,36-37,41H,1-13H3/t34-/m1/s1. The van der Waals surface area contributed by atoms with Gasteiger partial charge in [0.25, 0.3) is 5.91 Å². The molecule has 1 amide bonds. The molecule has 1 atom stereocenters. The SMILES string of the molecule is CC1(C)OC(C)(C)C(C)(C)N(c2ccc(NC(C)(C)[C@@](C)(O)C(C)(C)N3C(=N)c4ccccc4C3=O)cc2F)C1(C)C. The van der Waals surface area contributed by atoms with Crippen molar-refractivity contribution in [2.24, 2.45) is 0 Å². The largest absolute Gasteiger partial charge is 0.385 e. The molecule has 1 saturated heterocycles. The number of carbonyl (C=O) groups is 1. The molecule has 42 heavy (non-hydrogen) atoms. The van der Waals surface area contributed by atoms with Gasteiger partial charge in [-0.3, -0.25) is 15.1 Å². The number of nitrogens with one attached hydrogen (secondary N) is 2. The molecule has 7 nitrogen and oxygen atoms in total. The average molecular weight is 581 g/mol. The van der Waals surface area contributed by atoms with Crippen molar-refractivity contribution in [3.8, 4) is 0 Å². The highest BCUT2D eigenvalue weighted by atomic mass is 19.1. The minimum absolute atomic E-state index is 0.0497. The first-order valence-electron chi connectivity index (χ1n) is 14.7. The highest BCUT2D eigenvalue weighted by Crippen LogP contribution is 2.52. The molecule has 2 aliphatic heterocycles. The number of benzene rings is 2. The van der Waals surface area contributed by atoms with Crippen LogP contribution in [0.3, 0.4) is 0 Å². The van der Waals surface area contributed by atoms with Crippen molar-refractivity contribution < 1.29 is 19.0 Å². The maximum Gasteiger partial charge on any atom is 0.260 e. The molecule has 2 heterocycles. The molecule has 0 aromatic heterocycles. The first-order valence-corrected chi connectivity index (χ1v) is 14.7. The highest BCUT2D eigenvalue weighted by molar-refractivity contribution is 6.22. The normalized spacial score (nSPS) is 22.5. The summed E-state index contributed by atoms with van der Waals surface area (Å²) in [4.78, 5) is 16.9. The number of amidine groups is 1. The van der Waals surface area contributed by atoms with Crippen LogP contribution in [0.4, 0.5) is 15.8 Å². The Balaban J connectivity index is 1.68. The highest BCUT2D eigenvalue weighted by Gasteiger charge is 2.61. The number of nitrogens with zero attached hydrogens (tertiary/aromatic N) is 2. The quantitative estimate of drug-likeness (QED) is 0.343. The number of anilines is 2. The van der Waals surface area contributed by atoms with Crippen molar-refractivity contribution in [2.45, 2.75) is 129 Å². The fourth-order valence-electron chi connectivity index (χ4n) is 6.71. The molecule has 1 fully saturated rings. The van der Waals surface area contributed by atoms with E-state index in [1.807, 2.05) is 47.6 Å². The summed E-state index contributed by atoms with van der Waals surface area (Å²) in [5.41, 5.74) is -4.10. The Kier molecular flexibility index (Phi) is 7.05. The van der Waals surface area contributed by atoms with Gasteiger partial charge in [0.15, 0.2) is 0 Å². The summed E-state index contributed by atoms with van der Waals surface area (Å²) >= 11 is 0. The Bertz CT molecular complexity index is 1380. The first kappa shape index (κ1) is 32.0. The van der Waals surface area contributed by atoms with Gasteiger partial charge in [-0.1, -0.05) is 18.2 Å². The predicted molar refractivity (Wildman–Crippen MR) is 168 cm³/mol. The van der Waals surface area contributed by atoms with Crippen molar-refractivity contribution in [3.05, 3.63) is 59.4 Å². The summed E-state index contributed by atoms with van der Waals surface area (Å²) in [5, 5.41) is 24.2. The number of aliphatic hydroxyl groups is 1. The van der Waals surface area contributed by atoms with E-state index in [1.54, 1.807) is 51.1 Å². The van der Waals surface area contributed by atoms with E-state index in [0.29, 0.717) is 22.5 Å². The van der Waals surface area contributed by atoms with Gasteiger partial charge in [0.05, 0.1) is 44.6 Å². The van der Waals surface area contributed by atoms with Crippen LogP contribution in [0.1, 0.15) is 106 Å². The summed E-state index contributed by atoms with van der Waals surface area (Å²) in [6, 6.07) is 12.1. The topological polar surface area (TPSA) is 88.9 Å². The monoisotopic (exact) mass is 580 g/mol. The molecular formula is C34H49FN4O3. The summed E-state index contributed by atoms with van der Waals surface area (Å²) in [5.74, 6) is -0.668. The van der Waals surface area contributed by atoms with Crippen LogP contribution in [0, 0.1) is 11.2 Å². The van der Waals surface area contributed by atoms with Crippen LogP contribution in [0.15, 0.2) is 42.5 Å². The van der Waals surface area contributed by atoms with E-state index < -0.39 is 44.8 Å². The van der Waals surface area contributed by atoms with Gasteiger partial charge in [-0.15, -0.1) is 0 Å². The second-order valence-electron chi connectivity index (χ2n) is 15.2. The van der Waals surface area contributed by atoms with Gasteiger partial charge in [0.2, 0.25) is 0 Å². The number of hydrogen-bond donors (Lipinski definition) is 3.